The van der Waals surface area contributed by atoms with Crippen LogP contribution in [0.2, 0.25) is 18.1 Å². The van der Waals surface area contributed by atoms with Gasteiger partial charge in [0.1, 0.15) is 14.1 Å². The third-order valence-electron chi connectivity index (χ3n) is 4.86. The van der Waals surface area contributed by atoms with Gasteiger partial charge in [0.15, 0.2) is 0 Å². The lowest BCUT2D eigenvalue weighted by Crippen LogP contribution is -2.41. The van der Waals surface area contributed by atoms with Crippen LogP contribution < -0.4 is 5.32 Å². The topological polar surface area (TPSA) is 66.4 Å². The maximum absolute atomic E-state index is 12.6. The van der Waals surface area contributed by atoms with E-state index in [9.17, 15) is 27.9 Å². The number of halogens is 3. The standard InChI is InChI=1S/C20H26F3NO3Si/c1-19(2,3)28(4,5)12-6-7-16(18(26)27)24-17(25)13-14-8-10-15(11-9-14)20(21,22)23/h8-11,16H,7,13H2,1-5H3,(H,24,25)(H,26,27)/t16-/m0/s1. The summed E-state index contributed by atoms with van der Waals surface area (Å²) in [5, 5.41) is 11.7. The summed E-state index contributed by atoms with van der Waals surface area (Å²) in [6.45, 7) is 10.5. The van der Waals surface area contributed by atoms with Crippen LogP contribution in [0.25, 0.3) is 0 Å². The molecule has 1 aromatic carbocycles. The van der Waals surface area contributed by atoms with Crippen LogP contribution in [0.5, 0.6) is 0 Å². The average Bonchev–Trinajstić information content (AvgIpc) is 2.52. The number of nitrogens with one attached hydrogen (secondary N) is 1. The number of hydrogen-bond donors (Lipinski definition) is 2. The molecule has 1 amide bonds. The van der Waals surface area contributed by atoms with Gasteiger partial charge in [-0.25, -0.2) is 4.79 Å². The van der Waals surface area contributed by atoms with Crippen molar-refractivity contribution in [1.82, 2.24) is 5.32 Å². The van der Waals surface area contributed by atoms with E-state index in [-0.39, 0.29) is 17.9 Å². The summed E-state index contributed by atoms with van der Waals surface area (Å²) in [6, 6.07) is 3.02. The van der Waals surface area contributed by atoms with E-state index in [0.29, 0.717) is 5.56 Å². The number of hydrogen-bond acceptors (Lipinski definition) is 2. The summed E-state index contributed by atoms with van der Waals surface area (Å²) in [5.74, 6) is 1.11. The lowest BCUT2D eigenvalue weighted by atomic mass is 10.1. The fourth-order valence-electron chi connectivity index (χ4n) is 2.00. The van der Waals surface area contributed by atoms with Gasteiger partial charge in [-0.1, -0.05) is 46.0 Å². The van der Waals surface area contributed by atoms with Gasteiger partial charge >= 0.3 is 12.1 Å². The summed E-state index contributed by atoms with van der Waals surface area (Å²) in [4.78, 5) is 23.5. The summed E-state index contributed by atoms with van der Waals surface area (Å²) in [7, 11) is -1.89. The minimum atomic E-state index is -4.45. The molecule has 28 heavy (non-hydrogen) atoms. The molecule has 0 fully saturated rings. The number of amides is 1. The Morgan fingerprint density at radius 3 is 2.11 bits per heavy atom. The second kappa shape index (κ2) is 8.82. The van der Waals surface area contributed by atoms with Crippen LogP contribution in [-0.2, 0) is 22.2 Å². The Morgan fingerprint density at radius 2 is 1.68 bits per heavy atom. The molecule has 1 rings (SSSR count). The fraction of sp³-hybridized carbons (Fsp3) is 0.500. The Morgan fingerprint density at radius 1 is 1.14 bits per heavy atom. The predicted octanol–water partition coefficient (Wildman–Crippen LogP) is 4.26. The summed E-state index contributed by atoms with van der Waals surface area (Å²) < 4.78 is 37.7. The molecule has 1 atom stereocenters. The van der Waals surface area contributed by atoms with Crippen molar-refractivity contribution in [3.63, 3.8) is 0 Å². The van der Waals surface area contributed by atoms with Crippen LogP contribution in [0.15, 0.2) is 24.3 Å². The number of carboxylic acid groups (broad SMARTS) is 1. The van der Waals surface area contributed by atoms with Gasteiger partial charge < -0.3 is 10.4 Å². The first-order valence-corrected chi connectivity index (χ1v) is 11.8. The Bertz CT molecular complexity index is 769. The molecule has 0 saturated heterocycles. The van der Waals surface area contributed by atoms with Crippen molar-refractivity contribution in [2.75, 3.05) is 0 Å². The van der Waals surface area contributed by atoms with Crippen LogP contribution in [-0.4, -0.2) is 31.1 Å². The lowest BCUT2D eigenvalue weighted by molar-refractivity contribution is -0.141. The fourth-order valence-corrected chi connectivity index (χ4v) is 2.92. The van der Waals surface area contributed by atoms with E-state index in [1.165, 1.54) is 12.1 Å². The molecule has 4 nitrogen and oxygen atoms in total. The van der Waals surface area contributed by atoms with Crippen molar-refractivity contribution in [2.45, 2.75) is 64.0 Å². The molecule has 0 aromatic heterocycles. The quantitative estimate of drug-likeness (QED) is 0.560. The van der Waals surface area contributed by atoms with Gasteiger partial charge in [0.2, 0.25) is 5.91 Å². The molecule has 0 radical (unpaired) electrons. The molecule has 8 heteroatoms. The zero-order valence-corrected chi connectivity index (χ0v) is 17.7. The summed E-state index contributed by atoms with van der Waals surface area (Å²) in [6.07, 6.45) is -4.68. The van der Waals surface area contributed by atoms with Gasteiger partial charge in [0.25, 0.3) is 0 Å². The van der Waals surface area contributed by atoms with Gasteiger partial charge in [0.05, 0.1) is 12.0 Å². The number of alkyl halides is 3. The van der Waals surface area contributed by atoms with Crippen molar-refractivity contribution in [3.05, 3.63) is 35.4 Å². The van der Waals surface area contributed by atoms with Gasteiger partial charge in [-0.2, -0.15) is 13.2 Å². The predicted molar refractivity (Wildman–Crippen MR) is 104 cm³/mol. The molecule has 0 aliphatic carbocycles. The molecule has 0 saturated carbocycles. The third-order valence-corrected chi connectivity index (χ3v) is 9.41. The molecular weight excluding hydrogens is 387 g/mol. The Hall–Kier alpha value is -2.27. The van der Waals surface area contributed by atoms with Gasteiger partial charge in [-0.3, -0.25) is 4.79 Å². The number of carboxylic acids is 1. The Labute approximate surface area is 164 Å². The molecule has 0 heterocycles. The van der Waals surface area contributed by atoms with E-state index in [1.54, 1.807) is 0 Å². The first-order valence-electron chi connectivity index (χ1n) is 8.82. The largest absolute Gasteiger partial charge is 0.480 e. The molecule has 0 aliphatic heterocycles. The third kappa shape index (κ3) is 7.04. The van der Waals surface area contributed by atoms with Gasteiger partial charge in [0, 0.05) is 6.42 Å². The molecule has 0 spiro atoms. The van der Waals surface area contributed by atoms with Crippen molar-refractivity contribution in [3.8, 4) is 11.5 Å². The van der Waals surface area contributed by atoms with Crippen LogP contribution in [0.1, 0.15) is 38.3 Å². The monoisotopic (exact) mass is 413 g/mol. The van der Waals surface area contributed by atoms with Crippen LogP contribution in [0, 0.1) is 11.5 Å². The number of aliphatic carboxylic acids is 1. The molecule has 0 aliphatic rings. The highest BCUT2D eigenvalue weighted by atomic mass is 28.3. The Balaban J connectivity index is 2.75. The molecular formula is C20H26F3NO3Si. The highest BCUT2D eigenvalue weighted by Gasteiger charge is 2.34. The van der Waals surface area contributed by atoms with Gasteiger partial charge in [-0.15, -0.1) is 11.5 Å². The number of carbonyl (C=O) groups is 2. The maximum atomic E-state index is 12.6. The lowest BCUT2D eigenvalue weighted by Gasteiger charge is -2.31. The molecule has 0 unspecified atom stereocenters. The minimum Gasteiger partial charge on any atom is -0.480 e. The zero-order chi connectivity index (χ0) is 21.8. The zero-order valence-electron chi connectivity index (χ0n) is 16.7. The second-order valence-corrected chi connectivity index (χ2v) is 13.2. The Kier molecular flexibility index (Phi) is 7.49. The van der Waals surface area contributed by atoms with Crippen LogP contribution in [0.4, 0.5) is 13.2 Å². The first-order chi connectivity index (χ1) is 12.6. The number of rotatable bonds is 5. The second-order valence-electron chi connectivity index (χ2n) is 8.21. The van der Waals surface area contributed by atoms with E-state index < -0.39 is 37.7 Å². The number of carbonyl (C=O) groups excluding carboxylic acids is 1. The van der Waals surface area contributed by atoms with E-state index in [2.05, 4.69) is 50.6 Å². The van der Waals surface area contributed by atoms with Crippen LogP contribution in [0.3, 0.4) is 0 Å². The first kappa shape index (κ1) is 23.8. The number of benzene rings is 1. The van der Waals surface area contributed by atoms with Crippen molar-refractivity contribution < 1.29 is 27.9 Å². The highest BCUT2D eigenvalue weighted by molar-refractivity contribution is 6.87. The van der Waals surface area contributed by atoms with E-state index in [4.69, 9.17) is 0 Å². The van der Waals surface area contributed by atoms with Gasteiger partial charge in [-0.05, 0) is 22.7 Å². The summed E-state index contributed by atoms with van der Waals surface area (Å²) >= 11 is 0. The summed E-state index contributed by atoms with van der Waals surface area (Å²) in [5.41, 5.74) is 2.75. The average molecular weight is 414 g/mol. The normalized spacial score (nSPS) is 13.3. The molecule has 0 bridgehead atoms. The molecule has 1 aromatic rings. The maximum Gasteiger partial charge on any atom is 0.416 e. The highest BCUT2D eigenvalue weighted by Crippen LogP contribution is 2.35. The molecule has 154 valence electrons. The van der Waals surface area contributed by atoms with Crippen LogP contribution >= 0.6 is 0 Å². The molecule has 2 N–H and O–H groups in total. The smallest absolute Gasteiger partial charge is 0.416 e. The van der Waals surface area contributed by atoms with E-state index >= 15 is 0 Å². The minimum absolute atomic E-state index is 0.0272. The van der Waals surface area contributed by atoms with Crippen molar-refractivity contribution in [2.24, 2.45) is 0 Å². The van der Waals surface area contributed by atoms with Crippen molar-refractivity contribution >= 4 is 20.0 Å². The van der Waals surface area contributed by atoms with E-state index in [0.717, 1.165) is 12.1 Å². The van der Waals surface area contributed by atoms with Crippen molar-refractivity contribution in [1.29, 1.82) is 0 Å². The SMILES string of the molecule is CC(C)(C)[Si](C)(C)C#CC[C@H](NC(=O)Cc1ccc(C(F)(F)F)cc1)C(=O)O. The van der Waals surface area contributed by atoms with E-state index in [1.807, 2.05) is 0 Å².